The van der Waals surface area contributed by atoms with Crippen LogP contribution in [0.5, 0.6) is 0 Å². The molecule has 0 radical (unpaired) electrons. The van der Waals surface area contributed by atoms with E-state index in [-0.39, 0.29) is 51.4 Å². The fraction of sp³-hybridized carbons (Fsp3) is 0. The summed E-state index contributed by atoms with van der Waals surface area (Å²) >= 11 is 0. The summed E-state index contributed by atoms with van der Waals surface area (Å²) in [6, 6.07) is 0. The molecule has 0 aliphatic rings. The minimum absolute atomic E-state index is 0. The molecule has 0 heterocycles. The normalized spacial score (nSPS) is 3.00. The van der Waals surface area contributed by atoms with Gasteiger partial charge in [0.25, 0.3) is 0 Å². The molecule has 0 aromatic rings. The maximum absolute atomic E-state index is 8.74. The Balaban J connectivity index is -0.00000000750. The molecule has 8 heavy (non-hydrogen) atoms. The second-order valence-electron chi connectivity index (χ2n) is 0.283. The van der Waals surface area contributed by atoms with E-state index in [9.17, 15) is 0 Å². The van der Waals surface area contributed by atoms with Crippen molar-refractivity contribution in [1.29, 1.82) is 0 Å². The van der Waals surface area contributed by atoms with Gasteiger partial charge in [-0.2, -0.15) is 0 Å². The Hall–Kier alpha value is 0.836. The van der Waals surface area contributed by atoms with E-state index in [1.54, 1.807) is 0 Å². The van der Waals surface area contributed by atoms with E-state index in [4.69, 9.17) is 14.1 Å². The third kappa shape index (κ3) is 333. The van der Waals surface area contributed by atoms with Crippen molar-refractivity contribution in [1.82, 2.24) is 0 Å². The second-order valence-corrected chi connectivity index (χ2v) is 0.848. The third-order valence-corrected chi connectivity index (χ3v) is 0. The molecular formula is H4AlMgO5Si+3. The van der Waals surface area contributed by atoms with Crippen LogP contribution in [0, 0.1) is 0 Å². The SMILES string of the molecule is O.O=[Si](O)O.[Al+3].[Mg+2].[O-2]. The summed E-state index contributed by atoms with van der Waals surface area (Å²) in [6.07, 6.45) is 0. The Morgan fingerprint density at radius 2 is 1.25 bits per heavy atom. The molecule has 0 unspecified atom stereocenters. The minimum atomic E-state index is -3.13. The van der Waals surface area contributed by atoms with E-state index in [0.717, 1.165) is 0 Å². The van der Waals surface area contributed by atoms with Crippen LogP contribution in [-0.4, -0.2) is 64.7 Å². The molecule has 0 amide bonds. The Labute approximate surface area is 74.5 Å². The standard InChI is InChI=1S/Al.Mg.H2O3Si.H2O.O/c;;1-4(2)3;;/h;;1-2H;1H2;/q+3;+2;;;-2. The minimum Gasteiger partial charge on any atom is -2.00 e. The Bertz CT molecular complexity index is 35.4. The van der Waals surface area contributed by atoms with Crippen molar-refractivity contribution < 1.29 is 25.0 Å². The van der Waals surface area contributed by atoms with E-state index in [1.807, 2.05) is 0 Å². The topological polar surface area (TPSA) is 118 Å². The summed E-state index contributed by atoms with van der Waals surface area (Å²) in [5.41, 5.74) is 0. The average molecular weight is 163 g/mol. The molecule has 40 valence electrons. The van der Waals surface area contributed by atoms with Crippen molar-refractivity contribution in [3.05, 3.63) is 0 Å². The molecule has 4 N–H and O–H groups in total. The van der Waals surface area contributed by atoms with Gasteiger partial charge in [0.05, 0.1) is 0 Å². The maximum Gasteiger partial charge on any atom is 3.00 e. The molecule has 0 aromatic carbocycles. The Kier molecular flexibility index (Phi) is 115. The largest absolute Gasteiger partial charge is 3.00 e. The number of hydrogen-bond donors (Lipinski definition) is 2. The van der Waals surface area contributed by atoms with Crippen molar-refractivity contribution in [3.63, 3.8) is 0 Å². The van der Waals surface area contributed by atoms with Crippen LogP contribution in [0.1, 0.15) is 0 Å². The molecule has 0 saturated carbocycles. The predicted octanol–water partition coefficient (Wildman–Crippen LogP) is -3.32. The molecule has 0 spiro atoms. The fourth-order valence-corrected chi connectivity index (χ4v) is 0. The first-order valence-electron chi connectivity index (χ1n) is 0.651. The van der Waals surface area contributed by atoms with Gasteiger partial charge in [-0.25, -0.2) is 0 Å². The zero-order chi connectivity index (χ0) is 3.58. The first kappa shape index (κ1) is 36.9. The van der Waals surface area contributed by atoms with Crippen LogP contribution in [0.2, 0.25) is 0 Å². The Morgan fingerprint density at radius 3 is 1.25 bits per heavy atom. The van der Waals surface area contributed by atoms with Gasteiger partial charge < -0.3 is 20.5 Å². The first-order valence-corrected chi connectivity index (χ1v) is 1.95. The van der Waals surface area contributed by atoms with Gasteiger partial charge in [-0.1, -0.05) is 0 Å². The molecule has 8 heteroatoms. The zero-order valence-electron chi connectivity index (χ0n) is 4.00. The van der Waals surface area contributed by atoms with Gasteiger partial charge in [0, 0.05) is 0 Å². The first-order chi connectivity index (χ1) is 1.73. The molecule has 0 aliphatic carbocycles. The van der Waals surface area contributed by atoms with Crippen molar-refractivity contribution in [2.24, 2.45) is 0 Å². The van der Waals surface area contributed by atoms with Crippen molar-refractivity contribution in [2.45, 2.75) is 0 Å². The van der Waals surface area contributed by atoms with Crippen LogP contribution in [0.4, 0.5) is 0 Å². The molecule has 0 atom stereocenters. The molecule has 0 aliphatic heterocycles. The summed E-state index contributed by atoms with van der Waals surface area (Å²) < 4.78 is 8.74. The van der Waals surface area contributed by atoms with Crippen molar-refractivity contribution in [2.75, 3.05) is 0 Å². The summed E-state index contributed by atoms with van der Waals surface area (Å²) in [5, 5.41) is 0. The molecular weight excluding hydrogens is 159 g/mol. The van der Waals surface area contributed by atoms with Crippen LogP contribution < -0.4 is 0 Å². The van der Waals surface area contributed by atoms with Crippen LogP contribution in [-0.2, 0) is 9.94 Å². The fourth-order valence-electron chi connectivity index (χ4n) is 0. The third-order valence-electron chi connectivity index (χ3n) is 0. The molecule has 0 fully saturated rings. The van der Waals surface area contributed by atoms with E-state index < -0.39 is 9.17 Å². The quantitative estimate of drug-likeness (QED) is 0.364. The number of rotatable bonds is 0. The molecule has 0 bridgehead atoms. The summed E-state index contributed by atoms with van der Waals surface area (Å²) in [4.78, 5) is 14.3. The molecule has 0 rings (SSSR count). The van der Waals surface area contributed by atoms with Gasteiger partial charge >= 0.3 is 49.6 Å². The van der Waals surface area contributed by atoms with E-state index in [2.05, 4.69) is 0 Å². The summed E-state index contributed by atoms with van der Waals surface area (Å²) in [5.74, 6) is 0. The Morgan fingerprint density at radius 1 is 1.25 bits per heavy atom. The monoisotopic (exact) mass is 163 g/mol. The van der Waals surface area contributed by atoms with Crippen molar-refractivity contribution in [3.8, 4) is 0 Å². The van der Waals surface area contributed by atoms with Crippen molar-refractivity contribution >= 4 is 49.6 Å². The van der Waals surface area contributed by atoms with Gasteiger partial charge in [-0.3, -0.25) is 4.46 Å². The second kappa shape index (κ2) is 24.9. The molecule has 0 saturated heterocycles. The molecule has 0 aromatic heterocycles. The van der Waals surface area contributed by atoms with Gasteiger partial charge in [-0.15, -0.1) is 0 Å². The maximum atomic E-state index is 8.74. The van der Waals surface area contributed by atoms with E-state index in [0.29, 0.717) is 0 Å². The van der Waals surface area contributed by atoms with E-state index >= 15 is 0 Å². The number of hydrogen-bond acceptors (Lipinski definition) is 1. The van der Waals surface area contributed by atoms with Gasteiger partial charge in [-0.05, 0) is 0 Å². The predicted molar refractivity (Wildman–Crippen MR) is 26.7 cm³/mol. The van der Waals surface area contributed by atoms with Crippen LogP contribution in [0.25, 0.3) is 0 Å². The van der Waals surface area contributed by atoms with Crippen LogP contribution >= 0.6 is 0 Å². The van der Waals surface area contributed by atoms with E-state index in [1.165, 1.54) is 0 Å². The van der Waals surface area contributed by atoms with Gasteiger partial charge in [0.2, 0.25) is 0 Å². The summed E-state index contributed by atoms with van der Waals surface area (Å²) in [6.45, 7) is 0. The van der Waals surface area contributed by atoms with Gasteiger partial charge in [0.1, 0.15) is 0 Å². The summed E-state index contributed by atoms with van der Waals surface area (Å²) in [7, 11) is -3.13. The van der Waals surface area contributed by atoms with Crippen LogP contribution in [0.15, 0.2) is 0 Å². The van der Waals surface area contributed by atoms with Crippen LogP contribution in [0.3, 0.4) is 0 Å². The zero-order valence-corrected chi connectivity index (χ0v) is 7.56. The smallest absolute Gasteiger partial charge is 2.00 e. The molecule has 5 nitrogen and oxygen atoms in total. The van der Waals surface area contributed by atoms with Gasteiger partial charge in [0.15, 0.2) is 0 Å². The average Bonchev–Trinajstić information content (AvgIpc) is 0.811.